The Bertz CT molecular complexity index is 139. The molecule has 0 N–H and O–H groups in total. The minimum Gasteiger partial charge on any atom is -0.463 e. The molecule has 0 aromatic heterocycles. The normalized spacial score (nSPS) is 13.6. The first kappa shape index (κ1) is 11.5. The van der Waals surface area contributed by atoms with Gasteiger partial charge in [-0.3, -0.25) is 4.79 Å². The molecule has 12 heavy (non-hydrogen) atoms. The molecule has 0 aliphatic carbocycles. The summed E-state index contributed by atoms with van der Waals surface area (Å²) < 4.78 is 5.07. The summed E-state index contributed by atoms with van der Waals surface area (Å²) in [6.45, 7) is 9.89. The zero-order chi connectivity index (χ0) is 9.72. The second-order valence-corrected chi connectivity index (χ2v) is 4.02. The van der Waals surface area contributed by atoms with Crippen molar-refractivity contribution in [1.29, 1.82) is 0 Å². The van der Waals surface area contributed by atoms with E-state index in [0.29, 0.717) is 5.92 Å². The molecular formula is C10H20O2. The number of ether oxygens (including phenoxy) is 1. The molecule has 2 nitrogen and oxygen atoms in total. The topological polar surface area (TPSA) is 26.3 Å². The van der Waals surface area contributed by atoms with Crippen LogP contribution in [0.15, 0.2) is 0 Å². The Morgan fingerprint density at radius 3 is 2.00 bits per heavy atom. The third-order valence-electron chi connectivity index (χ3n) is 1.58. The molecule has 0 rings (SSSR count). The number of esters is 1. The molecule has 0 radical (unpaired) electrons. The number of rotatable bonds is 4. The van der Waals surface area contributed by atoms with Crippen LogP contribution in [0.4, 0.5) is 0 Å². The maximum atomic E-state index is 11.3. The molecule has 0 bridgehead atoms. The van der Waals surface area contributed by atoms with Crippen LogP contribution in [0.1, 0.15) is 41.0 Å². The zero-order valence-electron chi connectivity index (χ0n) is 8.76. The predicted molar refractivity (Wildman–Crippen MR) is 49.8 cm³/mol. The lowest BCUT2D eigenvalue weighted by molar-refractivity contribution is -0.152. The monoisotopic (exact) mass is 172 g/mol. The largest absolute Gasteiger partial charge is 0.463 e. The fourth-order valence-electron chi connectivity index (χ4n) is 1.15. The molecule has 0 fully saturated rings. The van der Waals surface area contributed by atoms with Crippen molar-refractivity contribution in [3.63, 3.8) is 0 Å². The van der Waals surface area contributed by atoms with E-state index in [9.17, 15) is 4.79 Å². The fraction of sp³-hybridized carbons (Fsp3) is 0.900. The Balaban J connectivity index is 3.77. The lowest BCUT2D eigenvalue weighted by atomic mass is 9.99. The van der Waals surface area contributed by atoms with Crippen LogP contribution in [-0.2, 0) is 9.53 Å². The summed E-state index contributed by atoms with van der Waals surface area (Å²) in [6.07, 6.45) is 0.915. The van der Waals surface area contributed by atoms with Crippen molar-refractivity contribution < 1.29 is 9.53 Å². The number of carbonyl (C=O) groups is 1. The van der Waals surface area contributed by atoms with Crippen LogP contribution < -0.4 is 0 Å². The van der Waals surface area contributed by atoms with Gasteiger partial charge in [-0.05, 0) is 26.2 Å². The highest BCUT2D eigenvalue weighted by atomic mass is 16.5. The second kappa shape index (κ2) is 5.18. The molecule has 0 spiro atoms. The first-order valence-electron chi connectivity index (χ1n) is 4.64. The Kier molecular flexibility index (Phi) is 4.95. The van der Waals surface area contributed by atoms with Crippen molar-refractivity contribution in [2.75, 3.05) is 0 Å². The molecule has 1 atom stereocenters. The van der Waals surface area contributed by atoms with E-state index in [2.05, 4.69) is 13.8 Å². The van der Waals surface area contributed by atoms with Crippen LogP contribution in [-0.4, -0.2) is 12.1 Å². The summed E-state index contributed by atoms with van der Waals surface area (Å²) in [6, 6.07) is 0. The molecule has 72 valence electrons. The predicted octanol–water partition coefficient (Wildman–Crippen LogP) is 2.62. The van der Waals surface area contributed by atoms with Crippen LogP contribution in [0.3, 0.4) is 0 Å². The summed E-state index contributed by atoms with van der Waals surface area (Å²) in [7, 11) is 0. The Labute approximate surface area is 75.3 Å². The average Bonchev–Trinajstić information content (AvgIpc) is 1.84. The van der Waals surface area contributed by atoms with Gasteiger partial charge in [-0.15, -0.1) is 0 Å². The van der Waals surface area contributed by atoms with E-state index in [1.807, 2.05) is 20.8 Å². The minimum absolute atomic E-state index is 0.00659. The summed E-state index contributed by atoms with van der Waals surface area (Å²) in [5, 5.41) is 0. The quantitative estimate of drug-likeness (QED) is 0.609. The van der Waals surface area contributed by atoms with Gasteiger partial charge in [-0.25, -0.2) is 0 Å². The van der Waals surface area contributed by atoms with E-state index in [0.717, 1.165) is 6.42 Å². The standard InChI is InChI=1S/C10H20O2/c1-7(2)6-9(5)10(11)12-8(3)4/h7-9H,6H2,1-5H3/t9-/m0/s1. The summed E-state index contributed by atoms with van der Waals surface area (Å²) >= 11 is 0. The van der Waals surface area contributed by atoms with Gasteiger partial charge >= 0.3 is 5.97 Å². The third kappa shape index (κ3) is 5.16. The SMILES string of the molecule is CC(C)C[C@H](C)C(=O)OC(C)C. The highest BCUT2D eigenvalue weighted by molar-refractivity contribution is 5.72. The number of hydrogen-bond donors (Lipinski definition) is 0. The summed E-state index contributed by atoms with van der Waals surface area (Å²) in [5.41, 5.74) is 0. The van der Waals surface area contributed by atoms with Crippen LogP contribution in [0.5, 0.6) is 0 Å². The van der Waals surface area contributed by atoms with Crippen molar-refractivity contribution in [3.05, 3.63) is 0 Å². The zero-order valence-corrected chi connectivity index (χ0v) is 8.76. The van der Waals surface area contributed by atoms with E-state index < -0.39 is 0 Å². The molecule has 0 saturated carbocycles. The van der Waals surface area contributed by atoms with Crippen LogP contribution in [0.25, 0.3) is 0 Å². The first-order valence-corrected chi connectivity index (χ1v) is 4.64. The number of carbonyl (C=O) groups excluding carboxylic acids is 1. The van der Waals surface area contributed by atoms with Gasteiger partial charge in [0.2, 0.25) is 0 Å². The number of hydrogen-bond acceptors (Lipinski definition) is 2. The molecule has 0 aliphatic rings. The highest BCUT2D eigenvalue weighted by Crippen LogP contribution is 2.13. The van der Waals surface area contributed by atoms with Crippen LogP contribution in [0.2, 0.25) is 0 Å². The van der Waals surface area contributed by atoms with Gasteiger partial charge < -0.3 is 4.74 Å². The van der Waals surface area contributed by atoms with Gasteiger partial charge in [0.1, 0.15) is 0 Å². The lowest BCUT2D eigenvalue weighted by Crippen LogP contribution is -2.20. The molecule has 0 amide bonds. The van der Waals surface area contributed by atoms with Gasteiger partial charge in [0.15, 0.2) is 0 Å². The minimum atomic E-state index is -0.0706. The Morgan fingerprint density at radius 2 is 1.67 bits per heavy atom. The van der Waals surface area contributed by atoms with Gasteiger partial charge in [0.05, 0.1) is 12.0 Å². The Morgan fingerprint density at radius 1 is 1.17 bits per heavy atom. The Hall–Kier alpha value is -0.530. The van der Waals surface area contributed by atoms with E-state index in [-0.39, 0.29) is 18.0 Å². The molecule has 0 heterocycles. The van der Waals surface area contributed by atoms with Crippen molar-refractivity contribution in [1.82, 2.24) is 0 Å². The van der Waals surface area contributed by atoms with Gasteiger partial charge in [0, 0.05) is 0 Å². The van der Waals surface area contributed by atoms with Crippen LogP contribution in [0, 0.1) is 11.8 Å². The van der Waals surface area contributed by atoms with Crippen molar-refractivity contribution in [2.45, 2.75) is 47.1 Å². The van der Waals surface area contributed by atoms with Crippen molar-refractivity contribution in [2.24, 2.45) is 11.8 Å². The summed E-state index contributed by atoms with van der Waals surface area (Å²) in [5.74, 6) is 0.519. The second-order valence-electron chi connectivity index (χ2n) is 4.02. The van der Waals surface area contributed by atoms with E-state index >= 15 is 0 Å². The maximum absolute atomic E-state index is 11.3. The van der Waals surface area contributed by atoms with Crippen molar-refractivity contribution in [3.8, 4) is 0 Å². The molecule has 0 unspecified atom stereocenters. The molecule has 0 saturated heterocycles. The van der Waals surface area contributed by atoms with E-state index in [1.165, 1.54) is 0 Å². The van der Waals surface area contributed by atoms with Gasteiger partial charge in [-0.1, -0.05) is 20.8 Å². The van der Waals surface area contributed by atoms with Gasteiger partial charge in [-0.2, -0.15) is 0 Å². The fourth-order valence-corrected chi connectivity index (χ4v) is 1.15. The molecule has 0 aromatic rings. The lowest BCUT2D eigenvalue weighted by Gasteiger charge is -2.15. The first-order chi connectivity index (χ1) is 5.43. The summed E-state index contributed by atoms with van der Waals surface area (Å²) in [4.78, 5) is 11.3. The highest BCUT2D eigenvalue weighted by Gasteiger charge is 2.16. The smallest absolute Gasteiger partial charge is 0.308 e. The van der Waals surface area contributed by atoms with E-state index in [1.54, 1.807) is 0 Å². The van der Waals surface area contributed by atoms with E-state index in [4.69, 9.17) is 4.74 Å². The molecule has 0 aromatic carbocycles. The van der Waals surface area contributed by atoms with Gasteiger partial charge in [0.25, 0.3) is 0 Å². The third-order valence-corrected chi connectivity index (χ3v) is 1.58. The maximum Gasteiger partial charge on any atom is 0.308 e. The van der Waals surface area contributed by atoms with Crippen LogP contribution >= 0.6 is 0 Å². The molecule has 2 heteroatoms. The molecular weight excluding hydrogens is 152 g/mol. The molecule has 0 aliphatic heterocycles. The average molecular weight is 172 g/mol. The van der Waals surface area contributed by atoms with Crippen molar-refractivity contribution >= 4 is 5.97 Å².